The fourth-order valence-corrected chi connectivity index (χ4v) is 3.63. The third kappa shape index (κ3) is 10.3. The molecule has 4 atom stereocenters. The molecule has 0 aromatic rings. The molecule has 1 heterocycles. The van der Waals surface area contributed by atoms with Gasteiger partial charge in [-0.05, 0) is 25.7 Å². The molecule has 1 rings (SSSR count). The predicted molar refractivity (Wildman–Crippen MR) is 126 cm³/mol. The second-order valence-electron chi connectivity index (χ2n) is 8.20. The normalized spacial score (nSPS) is 17.1. The molecule has 0 saturated carbocycles. The summed E-state index contributed by atoms with van der Waals surface area (Å²) in [6.07, 6.45) is -0.0379. The number of aliphatic hydroxyl groups is 1. The highest BCUT2D eigenvalue weighted by Gasteiger charge is 2.38. The number of nitrogens with two attached hydrogens (primary N) is 3. The molecular weight excluding hydrogens is 496 g/mol. The van der Waals surface area contributed by atoms with Gasteiger partial charge in [0.2, 0.25) is 23.6 Å². The molecule has 0 spiro atoms. The van der Waals surface area contributed by atoms with Crippen LogP contribution in [0.25, 0.3) is 0 Å². The second kappa shape index (κ2) is 15.2. The van der Waals surface area contributed by atoms with Gasteiger partial charge in [0.15, 0.2) is 5.96 Å². The molecule has 208 valence electrons. The molecule has 4 amide bonds. The quantitative estimate of drug-likeness (QED) is 0.0546. The molecule has 0 aromatic carbocycles. The number of aliphatic imine (C=N–C) groups is 1. The van der Waals surface area contributed by atoms with Gasteiger partial charge in [0.25, 0.3) is 0 Å². The van der Waals surface area contributed by atoms with E-state index in [0.29, 0.717) is 6.42 Å². The van der Waals surface area contributed by atoms with Crippen molar-refractivity contribution in [1.82, 2.24) is 20.9 Å². The highest BCUT2D eigenvalue weighted by atomic mass is 16.4. The van der Waals surface area contributed by atoms with Gasteiger partial charge in [0, 0.05) is 13.1 Å². The Labute approximate surface area is 211 Å². The zero-order valence-electron chi connectivity index (χ0n) is 20.1. The predicted octanol–water partition coefficient (Wildman–Crippen LogP) is -5.00. The first-order valence-corrected chi connectivity index (χ1v) is 11.4. The molecular formula is C20H34N8O9. The number of nitrogens with zero attached hydrogens (tertiary/aromatic N) is 2. The number of hydrogen-bond donors (Lipinski definition) is 9. The number of guanidine groups is 1. The summed E-state index contributed by atoms with van der Waals surface area (Å²) in [5.74, 6) is -6.46. The van der Waals surface area contributed by atoms with Crippen LogP contribution in [0.1, 0.15) is 32.1 Å². The Morgan fingerprint density at radius 1 is 0.973 bits per heavy atom. The minimum atomic E-state index is -1.70. The van der Waals surface area contributed by atoms with Crippen molar-refractivity contribution in [3.63, 3.8) is 0 Å². The summed E-state index contributed by atoms with van der Waals surface area (Å²) in [5, 5.41) is 34.9. The number of carboxylic acids is 2. The molecule has 1 saturated heterocycles. The Morgan fingerprint density at radius 3 is 2.14 bits per heavy atom. The molecule has 37 heavy (non-hydrogen) atoms. The van der Waals surface area contributed by atoms with Crippen LogP contribution in [0.4, 0.5) is 0 Å². The number of likely N-dealkylation sites (tertiary alicyclic amines) is 1. The Hall–Kier alpha value is -3.99. The van der Waals surface area contributed by atoms with Gasteiger partial charge in [-0.15, -0.1) is 0 Å². The van der Waals surface area contributed by atoms with Gasteiger partial charge in [0.05, 0.1) is 19.6 Å². The minimum Gasteiger partial charge on any atom is -0.481 e. The lowest BCUT2D eigenvalue weighted by molar-refractivity contribution is -0.150. The van der Waals surface area contributed by atoms with Gasteiger partial charge >= 0.3 is 11.9 Å². The number of carbonyl (C=O) groups is 6. The zero-order valence-corrected chi connectivity index (χ0v) is 20.1. The van der Waals surface area contributed by atoms with Gasteiger partial charge in [-0.25, -0.2) is 4.79 Å². The molecule has 0 aromatic heterocycles. The summed E-state index contributed by atoms with van der Waals surface area (Å²) in [5.41, 5.74) is 15.8. The first kappa shape index (κ1) is 31.0. The third-order valence-electron chi connectivity index (χ3n) is 5.41. The van der Waals surface area contributed by atoms with Crippen LogP contribution in [0, 0.1) is 0 Å². The van der Waals surface area contributed by atoms with Crippen molar-refractivity contribution in [2.24, 2.45) is 22.2 Å². The molecule has 12 N–H and O–H groups in total. The number of aliphatic hydroxyl groups excluding tert-OH is 1. The van der Waals surface area contributed by atoms with E-state index in [1.54, 1.807) is 0 Å². The lowest BCUT2D eigenvalue weighted by atomic mass is 10.1. The van der Waals surface area contributed by atoms with E-state index < -0.39 is 79.3 Å². The van der Waals surface area contributed by atoms with E-state index in [1.165, 1.54) is 0 Å². The molecule has 1 aliphatic rings. The molecule has 17 heteroatoms. The number of nitrogens with one attached hydrogen (secondary N) is 3. The summed E-state index contributed by atoms with van der Waals surface area (Å²) >= 11 is 0. The maximum Gasteiger partial charge on any atom is 0.326 e. The molecule has 1 fully saturated rings. The molecule has 17 nitrogen and oxygen atoms in total. The van der Waals surface area contributed by atoms with Crippen molar-refractivity contribution in [2.75, 3.05) is 26.2 Å². The van der Waals surface area contributed by atoms with Crippen LogP contribution in [0.3, 0.4) is 0 Å². The van der Waals surface area contributed by atoms with E-state index >= 15 is 0 Å². The average molecular weight is 531 g/mol. The number of amides is 4. The van der Waals surface area contributed by atoms with Gasteiger partial charge < -0.3 is 53.4 Å². The van der Waals surface area contributed by atoms with Crippen molar-refractivity contribution in [1.29, 1.82) is 0 Å². The standard InChI is InChI=1S/C20H34N8O9/c21-8-14(30)25-10(3-1-5-24-20(22)23)16(33)26-11(7-15(31)32)17(34)27-12(9-29)18(35)28-6-2-4-13(28)19(36)37/h10-13,29H,1-9,21H2,(H,25,30)(H,26,33)(H,27,34)(H,31,32)(H,36,37)(H4,22,23,24). The average Bonchev–Trinajstić information content (AvgIpc) is 3.33. The van der Waals surface area contributed by atoms with Crippen molar-refractivity contribution in [3.05, 3.63) is 0 Å². The van der Waals surface area contributed by atoms with Crippen LogP contribution in [-0.4, -0.2) is 112 Å². The first-order chi connectivity index (χ1) is 17.4. The maximum absolute atomic E-state index is 12.8. The molecule has 0 aliphatic carbocycles. The Balaban J connectivity index is 2.97. The number of carbonyl (C=O) groups excluding carboxylic acids is 4. The molecule has 0 radical (unpaired) electrons. The highest BCUT2D eigenvalue weighted by molar-refractivity contribution is 5.96. The highest BCUT2D eigenvalue weighted by Crippen LogP contribution is 2.18. The number of hydrogen-bond acceptors (Lipinski definition) is 9. The van der Waals surface area contributed by atoms with Crippen molar-refractivity contribution in [2.45, 2.75) is 56.3 Å². The van der Waals surface area contributed by atoms with Crippen LogP contribution in [0.15, 0.2) is 4.99 Å². The minimum absolute atomic E-state index is 0.0129. The summed E-state index contributed by atoms with van der Waals surface area (Å²) in [4.78, 5) is 77.6. The summed E-state index contributed by atoms with van der Waals surface area (Å²) in [6.45, 7) is -1.12. The van der Waals surface area contributed by atoms with Crippen molar-refractivity contribution < 1.29 is 44.1 Å². The van der Waals surface area contributed by atoms with E-state index in [0.717, 1.165) is 4.90 Å². The number of carboxylic acid groups (broad SMARTS) is 2. The Kier molecular flexibility index (Phi) is 12.7. The lowest BCUT2D eigenvalue weighted by Gasteiger charge is -2.28. The number of aliphatic carboxylic acids is 2. The van der Waals surface area contributed by atoms with Crippen molar-refractivity contribution >= 4 is 41.5 Å². The molecule has 1 aliphatic heterocycles. The largest absolute Gasteiger partial charge is 0.481 e. The lowest BCUT2D eigenvalue weighted by Crippen LogP contribution is -2.59. The second-order valence-corrected chi connectivity index (χ2v) is 8.20. The van der Waals surface area contributed by atoms with Crippen LogP contribution < -0.4 is 33.2 Å². The maximum atomic E-state index is 12.8. The smallest absolute Gasteiger partial charge is 0.326 e. The number of rotatable bonds is 15. The fraction of sp³-hybridized carbons (Fsp3) is 0.650. The first-order valence-electron chi connectivity index (χ1n) is 11.4. The zero-order chi connectivity index (χ0) is 28.1. The monoisotopic (exact) mass is 530 g/mol. The van der Waals surface area contributed by atoms with Crippen molar-refractivity contribution in [3.8, 4) is 0 Å². The van der Waals surface area contributed by atoms with Crippen LogP contribution in [-0.2, 0) is 28.8 Å². The SMILES string of the molecule is NCC(=O)NC(CCCN=C(N)N)C(=O)NC(CC(=O)O)C(=O)NC(CO)C(=O)N1CCCC1C(=O)O. The van der Waals surface area contributed by atoms with E-state index in [4.69, 9.17) is 17.2 Å². The van der Waals surface area contributed by atoms with Crippen LogP contribution in [0.2, 0.25) is 0 Å². The van der Waals surface area contributed by atoms with Gasteiger partial charge in [-0.1, -0.05) is 0 Å². The van der Waals surface area contributed by atoms with Gasteiger partial charge in [0.1, 0.15) is 24.2 Å². The topological polar surface area (TPSA) is 293 Å². The fourth-order valence-electron chi connectivity index (χ4n) is 3.63. The van der Waals surface area contributed by atoms with Gasteiger partial charge in [-0.2, -0.15) is 0 Å². The van der Waals surface area contributed by atoms with E-state index in [9.17, 15) is 44.1 Å². The summed E-state index contributed by atoms with van der Waals surface area (Å²) in [6, 6.07) is -5.62. The van der Waals surface area contributed by atoms with Crippen LogP contribution in [0.5, 0.6) is 0 Å². The molecule has 0 bridgehead atoms. The summed E-state index contributed by atoms with van der Waals surface area (Å²) in [7, 11) is 0. The van der Waals surface area contributed by atoms with E-state index in [-0.39, 0.29) is 38.3 Å². The summed E-state index contributed by atoms with van der Waals surface area (Å²) < 4.78 is 0. The Bertz CT molecular complexity index is 893. The van der Waals surface area contributed by atoms with Crippen LogP contribution >= 0.6 is 0 Å². The van der Waals surface area contributed by atoms with Gasteiger partial charge in [-0.3, -0.25) is 29.0 Å². The third-order valence-corrected chi connectivity index (χ3v) is 5.41. The van der Waals surface area contributed by atoms with E-state index in [2.05, 4.69) is 20.9 Å². The Morgan fingerprint density at radius 2 is 1.59 bits per heavy atom. The van der Waals surface area contributed by atoms with E-state index in [1.807, 2.05) is 0 Å². The molecule has 4 unspecified atom stereocenters.